The minimum absolute atomic E-state index is 0.0195. The Kier molecular flexibility index (Phi) is 5.86. The van der Waals surface area contributed by atoms with Crippen LogP contribution in [0.15, 0.2) is 35.1 Å². The number of alkyl halides is 6. The van der Waals surface area contributed by atoms with Crippen LogP contribution in [0.2, 0.25) is 0 Å². The van der Waals surface area contributed by atoms with Crippen LogP contribution < -0.4 is 10.5 Å². The summed E-state index contributed by atoms with van der Waals surface area (Å²) in [5.41, 5.74) is -2.78. The average Bonchev–Trinajstić information content (AvgIpc) is 2.57. The van der Waals surface area contributed by atoms with E-state index in [9.17, 15) is 35.9 Å². The van der Waals surface area contributed by atoms with E-state index >= 15 is 0 Å². The van der Waals surface area contributed by atoms with E-state index in [4.69, 9.17) is 0 Å². The zero-order chi connectivity index (χ0) is 21.3. The van der Waals surface area contributed by atoms with Gasteiger partial charge in [-0.2, -0.15) is 26.3 Å². The molecule has 11 heteroatoms. The highest BCUT2D eigenvalue weighted by molar-refractivity contribution is 5.95. The number of carbonyl (C=O) groups excluding carboxylic acids is 1. The lowest BCUT2D eigenvalue weighted by Crippen LogP contribution is -2.26. The van der Waals surface area contributed by atoms with Crippen molar-refractivity contribution in [2.24, 2.45) is 0 Å². The van der Waals surface area contributed by atoms with Crippen LogP contribution in [-0.4, -0.2) is 36.0 Å². The molecule has 0 aliphatic carbocycles. The van der Waals surface area contributed by atoms with E-state index in [2.05, 4.69) is 9.97 Å². The molecule has 1 N–H and O–H groups in total. The molecule has 152 valence electrons. The highest BCUT2D eigenvalue weighted by Crippen LogP contribution is 2.39. The quantitative estimate of drug-likeness (QED) is 0.605. The van der Waals surface area contributed by atoms with Crippen LogP contribution in [0.4, 0.5) is 32.3 Å². The van der Waals surface area contributed by atoms with Gasteiger partial charge in [0.05, 0.1) is 11.5 Å². The molecule has 0 aliphatic rings. The summed E-state index contributed by atoms with van der Waals surface area (Å²) >= 11 is 0. The number of carbonyl (C=O) groups is 1. The van der Waals surface area contributed by atoms with Gasteiger partial charge in [-0.25, -0.2) is 4.98 Å². The van der Waals surface area contributed by atoms with Crippen LogP contribution in [-0.2, 0) is 6.18 Å². The van der Waals surface area contributed by atoms with Gasteiger partial charge in [-0.05, 0) is 17.7 Å². The summed E-state index contributed by atoms with van der Waals surface area (Å²) in [6.45, 7) is 0. The third-order valence-corrected chi connectivity index (χ3v) is 3.86. The van der Waals surface area contributed by atoms with Crippen molar-refractivity contribution < 1.29 is 31.1 Å². The topological polar surface area (TPSA) is 66.1 Å². The lowest BCUT2D eigenvalue weighted by molar-refractivity contribution is -0.149. The van der Waals surface area contributed by atoms with Crippen molar-refractivity contribution in [1.29, 1.82) is 0 Å². The monoisotopic (exact) mass is 407 g/mol. The van der Waals surface area contributed by atoms with Crippen molar-refractivity contribution in [1.82, 2.24) is 9.97 Å². The van der Waals surface area contributed by atoms with Gasteiger partial charge >= 0.3 is 12.4 Å². The molecular weight excluding hydrogens is 392 g/mol. The minimum atomic E-state index is -4.89. The van der Waals surface area contributed by atoms with Gasteiger partial charge in [0, 0.05) is 26.6 Å². The Labute approximate surface area is 155 Å². The molecule has 1 aromatic heterocycles. The summed E-state index contributed by atoms with van der Waals surface area (Å²) < 4.78 is 78.1. The fraction of sp³-hybridized carbons (Fsp3) is 0.353. The van der Waals surface area contributed by atoms with Crippen LogP contribution in [0.5, 0.6) is 0 Å². The number of H-pyrrole nitrogens is 1. The molecule has 2 aromatic rings. The molecule has 28 heavy (non-hydrogen) atoms. The molecule has 0 spiro atoms. The summed E-state index contributed by atoms with van der Waals surface area (Å²) in [7, 11) is 3.01. The smallest absolute Gasteiger partial charge is 0.348 e. The number of nitrogens with one attached hydrogen (secondary N) is 1. The van der Waals surface area contributed by atoms with Gasteiger partial charge in [0.15, 0.2) is 5.78 Å². The lowest BCUT2D eigenvalue weighted by atomic mass is 9.91. The Morgan fingerprint density at radius 3 is 2.14 bits per heavy atom. The first-order chi connectivity index (χ1) is 12.8. The first kappa shape index (κ1) is 21.5. The number of ketones is 1. The largest absolute Gasteiger partial charge is 0.416 e. The van der Waals surface area contributed by atoms with Gasteiger partial charge in [-0.15, -0.1) is 0 Å². The Morgan fingerprint density at radius 2 is 1.68 bits per heavy atom. The van der Waals surface area contributed by atoms with Crippen LogP contribution >= 0.6 is 0 Å². The average molecular weight is 407 g/mol. The highest BCUT2D eigenvalue weighted by atomic mass is 19.4. The van der Waals surface area contributed by atoms with E-state index in [0.29, 0.717) is 24.3 Å². The van der Waals surface area contributed by atoms with Crippen LogP contribution in [0.25, 0.3) is 0 Å². The Balaban J connectivity index is 2.36. The van der Waals surface area contributed by atoms with Crippen molar-refractivity contribution in [3.8, 4) is 0 Å². The predicted molar refractivity (Wildman–Crippen MR) is 88.4 cm³/mol. The van der Waals surface area contributed by atoms with E-state index in [0.717, 1.165) is 6.07 Å². The molecule has 0 aliphatic heterocycles. The zero-order valence-electron chi connectivity index (χ0n) is 14.6. The molecular formula is C17H15F6N3O2. The number of aromatic amines is 1. The molecule has 1 unspecified atom stereocenters. The number of hydrogen-bond acceptors (Lipinski definition) is 4. The number of benzene rings is 1. The first-order valence-corrected chi connectivity index (χ1v) is 7.85. The van der Waals surface area contributed by atoms with Gasteiger partial charge in [-0.1, -0.05) is 12.1 Å². The number of aromatic nitrogens is 2. The first-order valence-electron chi connectivity index (χ1n) is 7.85. The molecule has 0 saturated heterocycles. The maximum atomic E-state index is 13.4. The number of hydrogen-bond donors (Lipinski definition) is 1. The van der Waals surface area contributed by atoms with Gasteiger partial charge in [0.2, 0.25) is 5.95 Å². The Bertz CT molecular complexity index is 901. The molecule has 1 atom stereocenters. The molecule has 0 bridgehead atoms. The molecule has 5 nitrogen and oxygen atoms in total. The van der Waals surface area contributed by atoms with Gasteiger partial charge < -0.3 is 4.90 Å². The molecule has 1 aromatic carbocycles. The van der Waals surface area contributed by atoms with Crippen LogP contribution in [0.3, 0.4) is 0 Å². The van der Waals surface area contributed by atoms with Gasteiger partial charge in [-0.3, -0.25) is 14.6 Å². The molecule has 0 radical (unpaired) electrons. The predicted octanol–water partition coefficient (Wildman–Crippen LogP) is 3.77. The van der Waals surface area contributed by atoms with Crippen LogP contribution in [0.1, 0.15) is 34.0 Å². The second-order valence-electron chi connectivity index (χ2n) is 6.19. The fourth-order valence-electron chi connectivity index (χ4n) is 2.42. The van der Waals surface area contributed by atoms with E-state index in [-0.39, 0.29) is 5.95 Å². The van der Waals surface area contributed by atoms with E-state index in [1.165, 1.54) is 19.0 Å². The zero-order valence-corrected chi connectivity index (χ0v) is 14.6. The summed E-state index contributed by atoms with van der Waals surface area (Å²) in [5, 5.41) is 0. The molecule has 2 rings (SSSR count). The van der Waals surface area contributed by atoms with Crippen molar-refractivity contribution >= 4 is 11.7 Å². The number of rotatable bonds is 5. The van der Waals surface area contributed by atoms with Crippen molar-refractivity contribution in [2.75, 3.05) is 19.0 Å². The maximum Gasteiger partial charge on any atom is 0.416 e. The second kappa shape index (κ2) is 7.64. The Hall–Kier alpha value is -2.85. The van der Waals surface area contributed by atoms with E-state index < -0.39 is 52.9 Å². The Morgan fingerprint density at radius 1 is 1.11 bits per heavy atom. The summed E-state index contributed by atoms with van der Waals surface area (Å²) in [6, 6.07) is 3.19. The normalized spacial score (nSPS) is 13.3. The minimum Gasteiger partial charge on any atom is -0.348 e. The number of halogens is 6. The van der Waals surface area contributed by atoms with E-state index in [1.807, 2.05) is 0 Å². The summed E-state index contributed by atoms with van der Waals surface area (Å²) in [6.07, 6.45) is -10.7. The molecule has 1 heterocycles. The van der Waals surface area contributed by atoms with Crippen molar-refractivity contribution in [3.05, 3.63) is 57.5 Å². The SMILES string of the molecule is CN(C)c1nc(C(=O)CC(c2ccc(C(F)(F)F)cc2)C(F)(F)F)cc(=O)[nH]1. The van der Waals surface area contributed by atoms with Crippen LogP contribution in [0, 0.1) is 0 Å². The summed E-state index contributed by atoms with van der Waals surface area (Å²) in [5.74, 6) is -3.42. The number of anilines is 1. The lowest BCUT2D eigenvalue weighted by Gasteiger charge is -2.21. The third-order valence-electron chi connectivity index (χ3n) is 3.86. The molecule has 0 fully saturated rings. The second-order valence-corrected chi connectivity index (χ2v) is 6.19. The standard InChI is InChI=1S/C17H15F6N3O2/c1-26(2)15-24-12(8-14(28)25-15)13(27)7-11(17(21,22)23)9-3-5-10(6-4-9)16(18,19)20/h3-6,8,11H,7H2,1-2H3,(H,24,25,28). The van der Waals surface area contributed by atoms with E-state index in [1.54, 1.807) is 0 Å². The molecule has 0 saturated carbocycles. The van der Waals surface area contributed by atoms with Crippen molar-refractivity contribution in [2.45, 2.75) is 24.7 Å². The maximum absolute atomic E-state index is 13.4. The van der Waals surface area contributed by atoms with Crippen molar-refractivity contribution in [3.63, 3.8) is 0 Å². The molecule has 0 amide bonds. The van der Waals surface area contributed by atoms with Gasteiger partial charge in [0.1, 0.15) is 5.69 Å². The summed E-state index contributed by atoms with van der Waals surface area (Å²) in [4.78, 5) is 31.4. The fourth-order valence-corrected chi connectivity index (χ4v) is 2.42. The highest BCUT2D eigenvalue weighted by Gasteiger charge is 2.42. The number of Topliss-reactive ketones (excluding diaryl/α,β-unsaturated/α-hetero) is 1. The third kappa shape index (κ3) is 5.11. The van der Waals surface area contributed by atoms with Gasteiger partial charge in [0.25, 0.3) is 5.56 Å². The number of nitrogens with zero attached hydrogens (tertiary/aromatic N) is 2.